The van der Waals surface area contributed by atoms with Crippen LogP contribution in [0.1, 0.15) is 32.6 Å². The molecule has 0 heterocycles. The first kappa shape index (κ1) is 24.6. The molecule has 0 aromatic heterocycles. The standard InChI is InChI=1S/C20H23BrN2O7S/c1-2-29-20(24)6-4-3-5-13-30-18-12-11-17(23(25)26)14-19(18)31(27,28)22-16-9-7-15(21)8-10-16/h7-12,14,22H,2-6,13H2,1H3. The van der Waals surface area contributed by atoms with Gasteiger partial charge in [0.1, 0.15) is 10.6 Å². The summed E-state index contributed by atoms with van der Waals surface area (Å²) in [5.74, 6) is -0.244. The Morgan fingerprint density at radius 2 is 1.84 bits per heavy atom. The van der Waals surface area contributed by atoms with E-state index in [4.69, 9.17) is 9.47 Å². The lowest BCUT2D eigenvalue weighted by Gasteiger charge is -2.13. The largest absolute Gasteiger partial charge is 0.492 e. The topological polar surface area (TPSA) is 125 Å². The van der Waals surface area contributed by atoms with Crippen molar-refractivity contribution in [1.29, 1.82) is 0 Å². The molecular weight excluding hydrogens is 492 g/mol. The second-order valence-electron chi connectivity index (χ2n) is 6.46. The molecule has 168 valence electrons. The molecule has 0 spiro atoms. The van der Waals surface area contributed by atoms with Crippen LogP contribution >= 0.6 is 15.9 Å². The number of esters is 1. The third kappa shape index (κ3) is 7.83. The third-order valence-electron chi connectivity index (χ3n) is 4.11. The van der Waals surface area contributed by atoms with Gasteiger partial charge in [0.25, 0.3) is 15.7 Å². The van der Waals surface area contributed by atoms with Crippen LogP contribution in [0, 0.1) is 10.1 Å². The van der Waals surface area contributed by atoms with Gasteiger partial charge in [-0.2, -0.15) is 0 Å². The Hall–Kier alpha value is -2.66. The number of carbonyl (C=O) groups excluding carboxylic acids is 1. The van der Waals surface area contributed by atoms with Gasteiger partial charge in [-0.25, -0.2) is 8.42 Å². The number of benzene rings is 2. The van der Waals surface area contributed by atoms with Crippen molar-refractivity contribution >= 4 is 43.3 Å². The summed E-state index contributed by atoms with van der Waals surface area (Å²) in [5.41, 5.74) is -0.0578. The number of nitrogens with one attached hydrogen (secondary N) is 1. The second kappa shape index (κ2) is 11.7. The van der Waals surface area contributed by atoms with E-state index in [9.17, 15) is 23.3 Å². The fourth-order valence-corrected chi connectivity index (χ4v) is 4.12. The molecule has 11 heteroatoms. The normalized spacial score (nSPS) is 11.0. The van der Waals surface area contributed by atoms with E-state index in [1.807, 2.05) is 0 Å². The van der Waals surface area contributed by atoms with E-state index in [-0.39, 0.29) is 28.9 Å². The number of sulfonamides is 1. The summed E-state index contributed by atoms with van der Waals surface area (Å²) >= 11 is 3.27. The number of non-ortho nitro benzene ring substituents is 1. The highest BCUT2D eigenvalue weighted by Crippen LogP contribution is 2.30. The molecule has 9 nitrogen and oxygen atoms in total. The SMILES string of the molecule is CCOC(=O)CCCCCOc1ccc([N+](=O)[O-])cc1S(=O)(=O)Nc1ccc(Br)cc1. The molecule has 0 aliphatic heterocycles. The molecule has 0 saturated carbocycles. The Morgan fingerprint density at radius 3 is 2.48 bits per heavy atom. The van der Waals surface area contributed by atoms with E-state index in [0.29, 0.717) is 38.0 Å². The van der Waals surface area contributed by atoms with Crippen LogP contribution in [-0.4, -0.2) is 32.5 Å². The summed E-state index contributed by atoms with van der Waals surface area (Å²) < 4.78 is 39.4. The van der Waals surface area contributed by atoms with Crippen molar-refractivity contribution in [1.82, 2.24) is 0 Å². The Bertz CT molecular complexity index is 1010. The number of nitro groups is 1. The first-order chi connectivity index (χ1) is 14.7. The highest BCUT2D eigenvalue weighted by molar-refractivity contribution is 9.10. The summed E-state index contributed by atoms with van der Waals surface area (Å²) in [7, 11) is -4.13. The average molecular weight is 515 g/mol. The zero-order valence-corrected chi connectivity index (χ0v) is 19.3. The van der Waals surface area contributed by atoms with Crippen LogP contribution in [0.5, 0.6) is 5.75 Å². The lowest BCUT2D eigenvalue weighted by atomic mass is 10.2. The molecule has 2 rings (SSSR count). The van der Waals surface area contributed by atoms with Crippen LogP contribution in [0.3, 0.4) is 0 Å². The molecule has 0 atom stereocenters. The molecule has 1 N–H and O–H groups in total. The zero-order chi connectivity index (χ0) is 22.9. The second-order valence-corrected chi connectivity index (χ2v) is 9.03. The molecule has 2 aromatic rings. The van der Waals surface area contributed by atoms with Gasteiger partial charge < -0.3 is 9.47 Å². The number of hydrogen-bond acceptors (Lipinski definition) is 7. The number of unbranched alkanes of at least 4 members (excludes halogenated alkanes) is 2. The average Bonchev–Trinajstić information content (AvgIpc) is 2.72. The minimum absolute atomic E-state index is 0.0144. The molecule has 0 aliphatic rings. The Morgan fingerprint density at radius 1 is 1.13 bits per heavy atom. The quantitative estimate of drug-likeness (QED) is 0.189. The molecule has 0 unspecified atom stereocenters. The summed E-state index contributed by atoms with van der Waals surface area (Å²) in [4.78, 5) is 21.5. The van der Waals surface area contributed by atoms with Gasteiger partial charge in [-0.05, 0) is 56.5 Å². The molecule has 0 saturated heterocycles. The van der Waals surface area contributed by atoms with Crippen molar-refractivity contribution in [3.63, 3.8) is 0 Å². The van der Waals surface area contributed by atoms with Gasteiger partial charge in [-0.3, -0.25) is 19.6 Å². The molecule has 0 fully saturated rings. The Kier molecular flexibility index (Phi) is 9.25. The minimum atomic E-state index is -4.13. The van der Waals surface area contributed by atoms with Crippen molar-refractivity contribution in [3.05, 3.63) is 57.1 Å². The Labute approximate surface area is 189 Å². The number of nitrogens with zero attached hydrogens (tertiary/aromatic N) is 1. The maximum atomic E-state index is 12.9. The molecule has 0 radical (unpaired) electrons. The van der Waals surface area contributed by atoms with Gasteiger partial charge in [-0.15, -0.1) is 0 Å². The molecule has 2 aromatic carbocycles. The molecule has 31 heavy (non-hydrogen) atoms. The van der Waals surface area contributed by atoms with Crippen LogP contribution in [0.2, 0.25) is 0 Å². The number of anilines is 1. The van der Waals surface area contributed by atoms with E-state index in [1.54, 1.807) is 31.2 Å². The third-order valence-corrected chi connectivity index (χ3v) is 6.04. The van der Waals surface area contributed by atoms with Crippen LogP contribution < -0.4 is 9.46 Å². The molecule has 0 aliphatic carbocycles. The highest BCUT2D eigenvalue weighted by Gasteiger charge is 2.23. The summed E-state index contributed by atoms with van der Waals surface area (Å²) in [6.07, 6.45) is 2.20. The summed E-state index contributed by atoms with van der Waals surface area (Å²) in [5, 5.41) is 11.1. The van der Waals surface area contributed by atoms with Crippen molar-refractivity contribution < 1.29 is 27.6 Å². The summed E-state index contributed by atoms with van der Waals surface area (Å²) in [6, 6.07) is 9.88. The van der Waals surface area contributed by atoms with Crippen molar-refractivity contribution in [2.24, 2.45) is 0 Å². The van der Waals surface area contributed by atoms with Crippen LogP contribution in [0.25, 0.3) is 0 Å². The predicted octanol–water partition coefficient (Wildman–Crippen LogP) is 4.66. The van der Waals surface area contributed by atoms with Crippen LogP contribution in [0.15, 0.2) is 51.8 Å². The number of carbonyl (C=O) groups is 1. The predicted molar refractivity (Wildman–Crippen MR) is 119 cm³/mol. The number of ether oxygens (including phenoxy) is 2. The minimum Gasteiger partial charge on any atom is -0.492 e. The molecule has 0 bridgehead atoms. The highest BCUT2D eigenvalue weighted by atomic mass is 79.9. The number of rotatable bonds is 12. The van der Waals surface area contributed by atoms with E-state index >= 15 is 0 Å². The van der Waals surface area contributed by atoms with Crippen molar-refractivity contribution in [2.45, 2.75) is 37.5 Å². The van der Waals surface area contributed by atoms with Gasteiger partial charge in [-0.1, -0.05) is 15.9 Å². The maximum Gasteiger partial charge on any atom is 0.305 e. The summed E-state index contributed by atoms with van der Waals surface area (Å²) in [6.45, 7) is 2.28. The van der Waals surface area contributed by atoms with E-state index in [0.717, 1.165) is 10.5 Å². The smallest absolute Gasteiger partial charge is 0.305 e. The van der Waals surface area contributed by atoms with Crippen molar-refractivity contribution in [3.8, 4) is 5.75 Å². The fourth-order valence-electron chi connectivity index (χ4n) is 2.63. The van der Waals surface area contributed by atoms with Crippen LogP contribution in [-0.2, 0) is 19.6 Å². The van der Waals surface area contributed by atoms with Gasteiger partial charge in [0.15, 0.2) is 0 Å². The van der Waals surface area contributed by atoms with E-state index < -0.39 is 14.9 Å². The molecule has 0 amide bonds. The van der Waals surface area contributed by atoms with Gasteiger partial charge in [0.05, 0.1) is 18.1 Å². The monoisotopic (exact) mass is 514 g/mol. The van der Waals surface area contributed by atoms with Gasteiger partial charge in [0.2, 0.25) is 0 Å². The van der Waals surface area contributed by atoms with E-state index in [1.165, 1.54) is 12.1 Å². The lowest BCUT2D eigenvalue weighted by Crippen LogP contribution is -2.15. The van der Waals surface area contributed by atoms with E-state index in [2.05, 4.69) is 20.7 Å². The van der Waals surface area contributed by atoms with Crippen molar-refractivity contribution in [2.75, 3.05) is 17.9 Å². The number of nitro benzene ring substituents is 1. The first-order valence-electron chi connectivity index (χ1n) is 9.58. The lowest BCUT2D eigenvalue weighted by molar-refractivity contribution is -0.385. The van der Waals surface area contributed by atoms with Crippen LogP contribution in [0.4, 0.5) is 11.4 Å². The van der Waals surface area contributed by atoms with Gasteiger partial charge in [0, 0.05) is 28.7 Å². The number of hydrogen-bond donors (Lipinski definition) is 1. The Balaban J connectivity index is 2.08. The maximum absolute atomic E-state index is 12.9. The molecular formula is C20H23BrN2O7S. The zero-order valence-electron chi connectivity index (χ0n) is 16.9. The fraction of sp³-hybridized carbons (Fsp3) is 0.350. The first-order valence-corrected chi connectivity index (χ1v) is 11.9. The van der Waals surface area contributed by atoms with Gasteiger partial charge >= 0.3 is 5.97 Å². The number of halogens is 1.